The Morgan fingerprint density at radius 2 is 2.19 bits per heavy atom. The lowest BCUT2D eigenvalue weighted by Crippen LogP contribution is -2.44. The van der Waals surface area contributed by atoms with Crippen molar-refractivity contribution in [2.45, 2.75) is 12.5 Å². The van der Waals surface area contributed by atoms with Crippen LogP contribution in [-0.4, -0.2) is 41.7 Å². The Labute approximate surface area is 94.7 Å². The summed E-state index contributed by atoms with van der Waals surface area (Å²) in [4.78, 5) is 13.7. The molecule has 16 heavy (non-hydrogen) atoms. The second-order valence-corrected chi connectivity index (χ2v) is 4.05. The van der Waals surface area contributed by atoms with E-state index in [1.807, 2.05) is 24.3 Å². The number of carbonyl (C=O) groups is 1. The largest absolute Gasteiger partial charge is 0.390 e. The predicted octanol–water partition coefficient (Wildman–Crippen LogP) is 0.00450. The standard InChI is InChI=1S/C12H16N2O2/c13-7-10(15)8-14-6-5-9-3-1-2-4-11(9)12(14)16/h1-4,10,15H,5-8,13H2. The molecule has 1 heterocycles. The van der Waals surface area contributed by atoms with E-state index in [4.69, 9.17) is 5.73 Å². The molecule has 0 radical (unpaired) electrons. The van der Waals surface area contributed by atoms with E-state index in [1.165, 1.54) is 0 Å². The van der Waals surface area contributed by atoms with Gasteiger partial charge in [-0.3, -0.25) is 4.79 Å². The zero-order valence-corrected chi connectivity index (χ0v) is 9.10. The van der Waals surface area contributed by atoms with Crippen LogP contribution in [0.15, 0.2) is 24.3 Å². The average molecular weight is 220 g/mol. The van der Waals surface area contributed by atoms with Crippen molar-refractivity contribution in [1.82, 2.24) is 4.90 Å². The van der Waals surface area contributed by atoms with E-state index in [2.05, 4.69) is 0 Å². The van der Waals surface area contributed by atoms with E-state index in [-0.39, 0.29) is 12.5 Å². The fourth-order valence-corrected chi connectivity index (χ4v) is 1.98. The summed E-state index contributed by atoms with van der Waals surface area (Å²) >= 11 is 0. The third-order valence-corrected chi connectivity index (χ3v) is 2.89. The minimum Gasteiger partial charge on any atom is -0.390 e. The Hall–Kier alpha value is -1.39. The Morgan fingerprint density at radius 3 is 2.94 bits per heavy atom. The van der Waals surface area contributed by atoms with Crippen molar-refractivity contribution in [1.29, 1.82) is 0 Å². The molecule has 0 saturated carbocycles. The summed E-state index contributed by atoms with van der Waals surface area (Å²) in [5.41, 5.74) is 7.18. The van der Waals surface area contributed by atoms with Crippen LogP contribution in [-0.2, 0) is 6.42 Å². The van der Waals surface area contributed by atoms with Gasteiger partial charge in [-0.05, 0) is 18.1 Å². The summed E-state index contributed by atoms with van der Waals surface area (Å²) in [6.07, 6.45) is 0.216. The fraction of sp³-hybridized carbons (Fsp3) is 0.417. The molecule has 0 aliphatic carbocycles. The number of nitrogens with two attached hydrogens (primary N) is 1. The minimum atomic E-state index is -0.630. The summed E-state index contributed by atoms with van der Waals surface area (Å²) in [7, 11) is 0. The molecular formula is C12H16N2O2. The van der Waals surface area contributed by atoms with Crippen molar-refractivity contribution in [3.63, 3.8) is 0 Å². The first kappa shape index (κ1) is 11.1. The van der Waals surface area contributed by atoms with Gasteiger partial charge in [0.1, 0.15) is 0 Å². The molecule has 4 heteroatoms. The zero-order valence-electron chi connectivity index (χ0n) is 9.10. The van der Waals surface area contributed by atoms with Gasteiger partial charge in [0.2, 0.25) is 0 Å². The first-order valence-electron chi connectivity index (χ1n) is 5.47. The van der Waals surface area contributed by atoms with Gasteiger partial charge in [-0.25, -0.2) is 0 Å². The number of nitrogens with zero attached hydrogens (tertiary/aromatic N) is 1. The normalized spacial score (nSPS) is 17.1. The average Bonchev–Trinajstić information content (AvgIpc) is 2.33. The SMILES string of the molecule is NCC(O)CN1CCc2ccccc2C1=O. The maximum atomic E-state index is 12.0. The van der Waals surface area contributed by atoms with Gasteiger partial charge < -0.3 is 15.7 Å². The minimum absolute atomic E-state index is 0.00523. The molecule has 1 aliphatic rings. The molecule has 4 nitrogen and oxygen atoms in total. The first-order valence-corrected chi connectivity index (χ1v) is 5.47. The number of benzene rings is 1. The highest BCUT2D eigenvalue weighted by molar-refractivity contribution is 5.96. The monoisotopic (exact) mass is 220 g/mol. The molecule has 0 aromatic heterocycles. The number of carbonyl (C=O) groups excluding carboxylic acids is 1. The number of aliphatic hydroxyl groups is 1. The molecule has 1 atom stereocenters. The van der Waals surface area contributed by atoms with Crippen molar-refractivity contribution in [2.75, 3.05) is 19.6 Å². The lowest BCUT2D eigenvalue weighted by atomic mass is 9.99. The number of aliphatic hydroxyl groups excluding tert-OH is 1. The van der Waals surface area contributed by atoms with Crippen molar-refractivity contribution < 1.29 is 9.90 Å². The van der Waals surface area contributed by atoms with E-state index >= 15 is 0 Å². The highest BCUT2D eigenvalue weighted by Gasteiger charge is 2.24. The Morgan fingerprint density at radius 1 is 1.44 bits per heavy atom. The lowest BCUT2D eigenvalue weighted by molar-refractivity contribution is 0.0618. The maximum absolute atomic E-state index is 12.0. The van der Waals surface area contributed by atoms with Crippen LogP contribution in [0.25, 0.3) is 0 Å². The molecule has 2 rings (SSSR count). The van der Waals surface area contributed by atoms with Gasteiger partial charge in [0, 0.05) is 25.2 Å². The quantitative estimate of drug-likeness (QED) is 0.753. The maximum Gasteiger partial charge on any atom is 0.254 e. The molecule has 0 fully saturated rings. The third kappa shape index (κ3) is 2.08. The topological polar surface area (TPSA) is 66.6 Å². The van der Waals surface area contributed by atoms with Crippen LogP contribution < -0.4 is 5.73 Å². The second kappa shape index (κ2) is 4.63. The summed E-state index contributed by atoms with van der Waals surface area (Å²) in [5, 5.41) is 9.46. The van der Waals surface area contributed by atoms with Crippen LogP contribution in [0, 0.1) is 0 Å². The molecule has 1 aromatic rings. The van der Waals surface area contributed by atoms with Crippen LogP contribution in [0.5, 0.6) is 0 Å². The van der Waals surface area contributed by atoms with Crippen molar-refractivity contribution in [3.05, 3.63) is 35.4 Å². The van der Waals surface area contributed by atoms with E-state index in [9.17, 15) is 9.90 Å². The molecule has 0 spiro atoms. The number of β-amino-alcohol motifs (C(OH)–C–C–N with tert-alkyl or cyclic N) is 1. The van der Waals surface area contributed by atoms with Crippen LogP contribution in [0.1, 0.15) is 15.9 Å². The van der Waals surface area contributed by atoms with Gasteiger partial charge in [-0.2, -0.15) is 0 Å². The number of amides is 1. The highest BCUT2D eigenvalue weighted by Crippen LogP contribution is 2.18. The van der Waals surface area contributed by atoms with Crippen molar-refractivity contribution in [3.8, 4) is 0 Å². The summed E-state index contributed by atoms with van der Waals surface area (Å²) in [6.45, 7) is 1.17. The van der Waals surface area contributed by atoms with Crippen LogP contribution in [0.2, 0.25) is 0 Å². The van der Waals surface area contributed by atoms with Gasteiger partial charge in [-0.1, -0.05) is 18.2 Å². The van der Waals surface area contributed by atoms with E-state index in [0.29, 0.717) is 13.1 Å². The van der Waals surface area contributed by atoms with Gasteiger partial charge >= 0.3 is 0 Å². The summed E-state index contributed by atoms with van der Waals surface area (Å²) in [5.74, 6) is -0.00523. The number of hydrogen-bond donors (Lipinski definition) is 2. The molecule has 3 N–H and O–H groups in total. The van der Waals surface area contributed by atoms with E-state index < -0.39 is 6.10 Å². The van der Waals surface area contributed by atoms with Crippen molar-refractivity contribution in [2.24, 2.45) is 5.73 Å². The van der Waals surface area contributed by atoms with Gasteiger partial charge in [0.05, 0.1) is 6.10 Å². The zero-order chi connectivity index (χ0) is 11.5. The van der Waals surface area contributed by atoms with Crippen LogP contribution in [0.3, 0.4) is 0 Å². The molecular weight excluding hydrogens is 204 g/mol. The smallest absolute Gasteiger partial charge is 0.254 e. The molecule has 1 aliphatic heterocycles. The molecule has 1 unspecified atom stereocenters. The van der Waals surface area contributed by atoms with Crippen molar-refractivity contribution >= 4 is 5.91 Å². The van der Waals surface area contributed by atoms with E-state index in [1.54, 1.807) is 4.90 Å². The molecule has 1 amide bonds. The highest BCUT2D eigenvalue weighted by atomic mass is 16.3. The molecule has 86 valence electrons. The third-order valence-electron chi connectivity index (χ3n) is 2.89. The Bertz CT molecular complexity index is 392. The summed E-state index contributed by atoms with van der Waals surface area (Å²) < 4.78 is 0. The Kier molecular flexibility index (Phi) is 3.22. The van der Waals surface area contributed by atoms with E-state index in [0.717, 1.165) is 17.5 Å². The molecule has 1 aromatic carbocycles. The summed E-state index contributed by atoms with van der Waals surface area (Å²) in [6, 6.07) is 7.61. The van der Waals surface area contributed by atoms with Crippen LogP contribution >= 0.6 is 0 Å². The number of fused-ring (bicyclic) bond motifs is 1. The Balaban J connectivity index is 2.15. The molecule has 0 saturated heterocycles. The van der Waals surface area contributed by atoms with Gasteiger partial charge in [0.25, 0.3) is 5.91 Å². The number of rotatable bonds is 3. The van der Waals surface area contributed by atoms with Gasteiger partial charge in [-0.15, -0.1) is 0 Å². The lowest BCUT2D eigenvalue weighted by Gasteiger charge is -2.29. The fourth-order valence-electron chi connectivity index (χ4n) is 1.98. The van der Waals surface area contributed by atoms with Gasteiger partial charge in [0.15, 0.2) is 0 Å². The number of hydrogen-bond acceptors (Lipinski definition) is 3. The van der Waals surface area contributed by atoms with Crippen LogP contribution in [0.4, 0.5) is 0 Å². The first-order chi connectivity index (χ1) is 7.72. The predicted molar refractivity (Wildman–Crippen MR) is 61.1 cm³/mol. The molecule has 0 bridgehead atoms. The second-order valence-electron chi connectivity index (χ2n) is 4.05.